The van der Waals surface area contributed by atoms with Crippen molar-refractivity contribution in [2.45, 2.75) is 25.4 Å². The highest BCUT2D eigenvalue weighted by molar-refractivity contribution is 5.85. The molecule has 2 saturated heterocycles. The Hall–Kier alpha value is -3.03. The third-order valence-corrected chi connectivity index (χ3v) is 8.01. The fourth-order valence-corrected chi connectivity index (χ4v) is 6.09. The van der Waals surface area contributed by atoms with Crippen molar-refractivity contribution in [3.05, 3.63) is 95.7 Å². The molecule has 3 aromatic rings. The molecule has 5 nitrogen and oxygen atoms in total. The van der Waals surface area contributed by atoms with Crippen molar-refractivity contribution in [2.24, 2.45) is 17.8 Å². The van der Waals surface area contributed by atoms with E-state index in [-0.39, 0.29) is 30.2 Å². The van der Waals surface area contributed by atoms with Gasteiger partial charge in [0.25, 0.3) is 0 Å². The first-order valence-corrected chi connectivity index (χ1v) is 12.5. The zero-order valence-electron chi connectivity index (χ0n) is 20.9. The fourth-order valence-electron chi connectivity index (χ4n) is 6.09. The fraction of sp³-hybridized carbons (Fsp3) is 0.379. The largest absolute Gasteiger partial charge is 0.384 e. The molecule has 0 bridgehead atoms. The predicted octanol–water partition coefficient (Wildman–Crippen LogP) is 5.00. The minimum Gasteiger partial charge on any atom is -0.384 e. The van der Waals surface area contributed by atoms with Crippen LogP contribution >= 0.6 is 12.4 Å². The highest BCUT2D eigenvalue weighted by Crippen LogP contribution is 2.43. The van der Waals surface area contributed by atoms with Crippen molar-refractivity contribution in [3.63, 3.8) is 0 Å². The minimum atomic E-state index is -1.05. The van der Waals surface area contributed by atoms with Gasteiger partial charge in [0.2, 0.25) is 5.91 Å². The Kier molecular flexibility index (Phi) is 7.85. The molecule has 2 aliphatic heterocycles. The van der Waals surface area contributed by atoms with Gasteiger partial charge in [-0.2, -0.15) is 0 Å². The molecule has 37 heavy (non-hydrogen) atoms. The lowest BCUT2D eigenvalue weighted by Crippen LogP contribution is -2.57. The quantitative estimate of drug-likeness (QED) is 0.518. The van der Waals surface area contributed by atoms with Crippen LogP contribution in [0, 0.1) is 29.4 Å². The van der Waals surface area contributed by atoms with Gasteiger partial charge in [0, 0.05) is 56.2 Å². The van der Waals surface area contributed by atoms with Gasteiger partial charge in [0.15, 0.2) is 0 Å². The lowest BCUT2D eigenvalue weighted by molar-refractivity contribution is -0.152. The second-order valence-corrected chi connectivity index (χ2v) is 10.2. The number of carbonyl (C=O) groups is 1. The van der Waals surface area contributed by atoms with Gasteiger partial charge in [-0.15, -0.1) is 12.4 Å². The second-order valence-electron chi connectivity index (χ2n) is 10.2. The standard InChI is InChI=1S/C29H31F2N3O2.ClH/c1-19-15-34(16-20(2)29(19,36)21-8-4-3-5-9-21)28(35)25-18-33(27-10-6-7-13-32-27)17-24(25)23-12-11-22(30)14-26(23)31;/h3-14,19-20,24-25,36H,15-18H2,1-2H3;1H/t19-,20+,24-,25+,29?;/m0./s1. The molecular formula is C29H32ClF2N3O2. The Labute approximate surface area is 222 Å². The summed E-state index contributed by atoms with van der Waals surface area (Å²) < 4.78 is 28.6. The molecular weight excluding hydrogens is 496 g/mol. The molecule has 1 unspecified atom stereocenters. The average molecular weight is 528 g/mol. The van der Waals surface area contributed by atoms with Crippen molar-refractivity contribution in [1.29, 1.82) is 0 Å². The van der Waals surface area contributed by atoms with Crippen LogP contribution in [0.2, 0.25) is 0 Å². The number of carbonyl (C=O) groups excluding carboxylic acids is 1. The number of hydrogen-bond acceptors (Lipinski definition) is 4. The van der Waals surface area contributed by atoms with Gasteiger partial charge >= 0.3 is 0 Å². The third kappa shape index (κ3) is 4.94. The summed E-state index contributed by atoms with van der Waals surface area (Å²) in [6.45, 7) is 5.52. The molecule has 2 fully saturated rings. The Morgan fingerprint density at radius 2 is 1.62 bits per heavy atom. The maximum atomic E-state index is 14.9. The number of amides is 1. The van der Waals surface area contributed by atoms with Gasteiger partial charge in [0.05, 0.1) is 11.5 Å². The first-order valence-electron chi connectivity index (χ1n) is 12.5. The Morgan fingerprint density at radius 3 is 2.24 bits per heavy atom. The molecule has 0 radical (unpaired) electrons. The number of piperidine rings is 1. The van der Waals surface area contributed by atoms with Gasteiger partial charge in [-0.1, -0.05) is 56.3 Å². The van der Waals surface area contributed by atoms with E-state index in [0.717, 1.165) is 17.4 Å². The maximum absolute atomic E-state index is 14.9. The van der Waals surface area contributed by atoms with Gasteiger partial charge in [0.1, 0.15) is 17.5 Å². The average Bonchev–Trinajstić information content (AvgIpc) is 3.32. The molecule has 1 aromatic heterocycles. The van der Waals surface area contributed by atoms with E-state index >= 15 is 0 Å². The first-order chi connectivity index (χ1) is 17.3. The number of halogens is 3. The summed E-state index contributed by atoms with van der Waals surface area (Å²) in [5, 5.41) is 11.7. The zero-order chi connectivity index (χ0) is 25.4. The number of nitrogens with zero attached hydrogens (tertiary/aromatic N) is 3. The second kappa shape index (κ2) is 10.8. The molecule has 5 rings (SSSR count). The lowest BCUT2D eigenvalue weighted by Gasteiger charge is -2.48. The highest BCUT2D eigenvalue weighted by Gasteiger charge is 2.49. The van der Waals surface area contributed by atoms with Crippen LogP contribution in [0.25, 0.3) is 0 Å². The topological polar surface area (TPSA) is 56.7 Å². The number of benzene rings is 2. The Morgan fingerprint density at radius 1 is 0.946 bits per heavy atom. The number of aromatic nitrogens is 1. The summed E-state index contributed by atoms with van der Waals surface area (Å²) in [5.41, 5.74) is 0.147. The molecule has 2 aromatic carbocycles. The van der Waals surface area contributed by atoms with Crippen LogP contribution in [0.1, 0.15) is 30.9 Å². The summed E-state index contributed by atoms with van der Waals surface area (Å²) in [6, 6.07) is 18.8. The third-order valence-electron chi connectivity index (χ3n) is 8.01. The summed E-state index contributed by atoms with van der Waals surface area (Å²) in [4.78, 5) is 22.2. The summed E-state index contributed by atoms with van der Waals surface area (Å²) in [6.07, 6.45) is 1.69. The normalized spacial score (nSPS) is 27.6. The Bertz CT molecular complexity index is 1220. The monoisotopic (exact) mass is 527 g/mol. The Balaban J connectivity index is 0.00000320. The highest BCUT2D eigenvalue weighted by atomic mass is 35.5. The molecule has 196 valence electrons. The van der Waals surface area contributed by atoms with Crippen molar-refractivity contribution in [2.75, 3.05) is 31.1 Å². The van der Waals surface area contributed by atoms with E-state index in [1.165, 1.54) is 12.1 Å². The minimum absolute atomic E-state index is 0. The predicted molar refractivity (Wildman–Crippen MR) is 142 cm³/mol. The SMILES string of the molecule is C[C@@H]1CN(C(=O)[C@@H]2CN(c3ccccn3)C[C@H]2c2ccc(F)cc2F)C[C@H](C)C1(O)c1ccccc1.Cl. The maximum Gasteiger partial charge on any atom is 0.228 e. The number of pyridine rings is 1. The summed E-state index contributed by atoms with van der Waals surface area (Å²) >= 11 is 0. The number of hydrogen-bond donors (Lipinski definition) is 1. The first kappa shape index (κ1) is 27.0. The van der Waals surface area contributed by atoms with E-state index < -0.39 is 29.1 Å². The van der Waals surface area contributed by atoms with E-state index in [4.69, 9.17) is 0 Å². The molecule has 1 N–H and O–H groups in total. The van der Waals surface area contributed by atoms with Crippen LogP contribution in [0.15, 0.2) is 72.9 Å². The van der Waals surface area contributed by atoms with Crippen LogP contribution < -0.4 is 4.90 Å². The molecule has 5 atom stereocenters. The smallest absolute Gasteiger partial charge is 0.228 e. The zero-order valence-corrected chi connectivity index (χ0v) is 21.7. The lowest BCUT2D eigenvalue weighted by atomic mass is 9.70. The number of aliphatic hydroxyl groups is 1. The van der Waals surface area contributed by atoms with Crippen LogP contribution in [0.4, 0.5) is 14.6 Å². The molecule has 0 saturated carbocycles. The number of rotatable bonds is 4. The van der Waals surface area contributed by atoms with Gasteiger partial charge in [-0.3, -0.25) is 4.79 Å². The number of anilines is 1. The van der Waals surface area contributed by atoms with Gasteiger partial charge < -0.3 is 14.9 Å². The van der Waals surface area contributed by atoms with Crippen molar-refractivity contribution < 1.29 is 18.7 Å². The van der Waals surface area contributed by atoms with Gasteiger partial charge in [-0.25, -0.2) is 13.8 Å². The molecule has 0 aliphatic carbocycles. The van der Waals surface area contributed by atoms with E-state index in [0.29, 0.717) is 31.7 Å². The van der Waals surface area contributed by atoms with Crippen LogP contribution in [-0.2, 0) is 10.4 Å². The van der Waals surface area contributed by atoms with E-state index in [1.54, 1.807) is 6.20 Å². The summed E-state index contributed by atoms with van der Waals surface area (Å²) in [7, 11) is 0. The van der Waals surface area contributed by atoms with Gasteiger partial charge in [-0.05, 0) is 29.3 Å². The van der Waals surface area contributed by atoms with E-state index in [1.807, 2.05) is 72.2 Å². The summed E-state index contributed by atoms with van der Waals surface area (Å²) in [5.74, 6) is -1.98. The molecule has 3 heterocycles. The molecule has 1 amide bonds. The van der Waals surface area contributed by atoms with Crippen LogP contribution in [0.3, 0.4) is 0 Å². The van der Waals surface area contributed by atoms with Crippen molar-refractivity contribution in [1.82, 2.24) is 9.88 Å². The molecule has 0 spiro atoms. The van der Waals surface area contributed by atoms with Crippen LogP contribution in [-0.4, -0.2) is 47.1 Å². The van der Waals surface area contributed by atoms with E-state index in [9.17, 15) is 18.7 Å². The molecule has 8 heteroatoms. The number of likely N-dealkylation sites (tertiary alicyclic amines) is 1. The van der Waals surface area contributed by atoms with Crippen molar-refractivity contribution >= 4 is 24.1 Å². The van der Waals surface area contributed by atoms with E-state index in [2.05, 4.69) is 4.98 Å². The van der Waals surface area contributed by atoms with Crippen molar-refractivity contribution in [3.8, 4) is 0 Å². The molecule has 2 aliphatic rings. The van der Waals surface area contributed by atoms with Crippen LogP contribution in [0.5, 0.6) is 0 Å².